The molecule has 0 spiro atoms. The number of nitrogens with zero attached hydrogens (tertiary/aromatic N) is 4. The molecule has 1 saturated heterocycles. The van der Waals surface area contributed by atoms with Crippen LogP contribution in [0.15, 0.2) is 43.0 Å². The first kappa shape index (κ1) is 19.9. The van der Waals surface area contributed by atoms with Gasteiger partial charge in [0.15, 0.2) is 0 Å². The van der Waals surface area contributed by atoms with Gasteiger partial charge in [0.05, 0.1) is 30.4 Å². The van der Waals surface area contributed by atoms with Crippen LogP contribution in [0.25, 0.3) is 22.5 Å². The third kappa shape index (κ3) is 3.13. The summed E-state index contributed by atoms with van der Waals surface area (Å²) in [5.41, 5.74) is 4.64. The van der Waals surface area contributed by atoms with Crippen molar-refractivity contribution >= 4 is 17.7 Å². The summed E-state index contributed by atoms with van der Waals surface area (Å²) in [6, 6.07) is 6.73. The quantitative estimate of drug-likeness (QED) is 0.633. The minimum Gasteiger partial charge on any atom is -0.496 e. The Bertz CT molecular complexity index is 1270. The zero-order chi connectivity index (χ0) is 22.4. The Morgan fingerprint density at radius 2 is 2.00 bits per heavy atom. The molecule has 3 amide bonds. The van der Waals surface area contributed by atoms with Gasteiger partial charge in [-0.2, -0.15) is 0 Å². The van der Waals surface area contributed by atoms with E-state index in [-0.39, 0.29) is 18.2 Å². The standard InChI is InChI=1S/C23H21N5O4/c1-27-12-25-20(21(27)16-10-24-8-7-18(16)32-2)13-3-4-15-14(9-13)11-28(23(15)31)17-5-6-19(29)26-22(17)30/h3-4,7-10,12,17H,5-6,11H2,1-2H3,(H,26,29,30)/t17-/m0/s1. The number of pyridine rings is 1. The van der Waals surface area contributed by atoms with Gasteiger partial charge in [0.25, 0.3) is 5.91 Å². The molecule has 1 aromatic carbocycles. The summed E-state index contributed by atoms with van der Waals surface area (Å²) < 4.78 is 7.41. The van der Waals surface area contributed by atoms with Crippen molar-refractivity contribution in [3.8, 4) is 28.3 Å². The van der Waals surface area contributed by atoms with Gasteiger partial charge in [-0.25, -0.2) is 4.98 Å². The Morgan fingerprint density at radius 1 is 1.16 bits per heavy atom. The molecule has 9 nitrogen and oxygen atoms in total. The smallest absolute Gasteiger partial charge is 0.255 e. The van der Waals surface area contributed by atoms with Crippen LogP contribution in [0.5, 0.6) is 5.75 Å². The number of imidazole rings is 1. The molecule has 4 heterocycles. The monoisotopic (exact) mass is 431 g/mol. The van der Waals surface area contributed by atoms with Crippen LogP contribution in [0.4, 0.5) is 0 Å². The first-order valence-corrected chi connectivity index (χ1v) is 10.3. The first-order valence-electron chi connectivity index (χ1n) is 10.3. The number of nitrogens with one attached hydrogen (secondary N) is 1. The Labute approximate surface area is 184 Å². The number of aromatic nitrogens is 3. The lowest BCUT2D eigenvalue weighted by atomic mass is 10.0. The van der Waals surface area contributed by atoms with Gasteiger partial charge in [0, 0.05) is 43.5 Å². The van der Waals surface area contributed by atoms with E-state index >= 15 is 0 Å². The minimum absolute atomic E-state index is 0.198. The number of carbonyl (C=O) groups is 3. The van der Waals surface area contributed by atoms with Crippen molar-refractivity contribution < 1.29 is 19.1 Å². The van der Waals surface area contributed by atoms with Crippen molar-refractivity contribution in [3.63, 3.8) is 0 Å². The maximum atomic E-state index is 13.0. The van der Waals surface area contributed by atoms with E-state index in [1.54, 1.807) is 42.9 Å². The first-order chi connectivity index (χ1) is 15.5. The molecule has 1 fully saturated rings. The molecule has 162 valence electrons. The highest BCUT2D eigenvalue weighted by molar-refractivity contribution is 6.05. The Balaban J connectivity index is 1.51. The highest BCUT2D eigenvalue weighted by atomic mass is 16.5. The number of amides is 3. The van der Waals surface area contributed by atoms with Gasteiger partial charge in [0.2, 0.25) is 11.8 Å². The van der Waals surface area contributed by atoms with Crippen LogP contribution in [0.2, 0.25) is 0 Å². The number of hydrogen-bond acceptors (Lipinski definition) is 6. The number of piperidine rings is 1. The number of fused-ring (bicyclic) bond motifs is 1. The summed E-state index contributed by atoms with van der Waals surface area (Å²) in [7, 11) is 3.51. The van der Waals surface area contributed by atoms with Crippen LogP contribution in [0.1, 0.15) is 28.8 Å². The van der Waals surface area contributed by atoms with E-state index in [1.807, 2.05) is 23.7 Å². The van der Waals surface area contributed by atoms with E-state index in [0.29, 0.717) is 24.3 Å². The fourth-order valence-electron chi connectivity index (χ4n) is 4.42. The predicted octanol–water partition coefficient (Wildman–Crippen LogP) is 1.92. The van der Waals surface area contributed by atoms with E-state index in [0.717, 1.165) is 28.1 Å². The molecule has 3 aromatic rings. The molecule has 1 N–H and O–H groups in total. The van der Waals surface area contributed by atoms with Crippen molar-refractivity contribution in [1.82, 2.24) is 24.8 Å². The van der Waals surface area contributed by atoms with Gasteiger partial charge in [-0.15, -0.1) is 0 Å². The number of benzene rings is 1. The molecule has 0 radical (unpaired) electrons. The van der Waals surface area contributed by atoms with Crippen molar-refractivity contribution in [2.24, 2.45) is 7.05 Å². The maximum Gasteiger partial charge on any atom is 0.255 e. The van der Waals surface area contributed by atoms with E-state index < -0.39 is 11.9 Å². The van der Waals surface area contributed by atoms with Crippen molar-refractivity contribution in [2.45, 2.75) is 25.4 Å². The average Bonchev–Trinajstić information content (AvgIpc) is 3.33. The van der Waals surface area contributed by atoms with Crippen LogP contribution in [0, 0.1) is 0 Å². The molecule has 2 aromatic heterocycles. The SMILES string of the molecule is COc1ccncc1-c1c(-c2ccc3c(c2)CN([C@H]2CCC(=O)NC2=O)C3=O)ncn1C. The third-order valence-corrected chi connectivity index (χ3v) is 5.99. The lowest BCUT2D eigenvalue weighted by Gasteiger charge is -2.29. The molecule has 32 heavy (non-hydrogen) atoms. The lowest BCUT2D eigenvalue weighted by Crippen LogP contribution is -2.52. The molecule has 0 saturated carbocycles. The summed E-state index contributed by atoms with van der Waals surface area (Å²) in [6.45, 7) is 0.312. The van der Waals surface area contributed by atoms with Crippen molar-refractivity contribution in [1.29, 1.82) is 0 Å². The van der Waals surface area contributed by atoms with Gasteiger partial charge in [-0.1, -0.05) is 6.07 Å². The Kier molecular flexibility index (Phi) is 4.73. The normalized spacial score (nSPS) is 18.0. The summed E-state index contributed by atoms with van der Waals surface area (Å²) in [5, 5.41) is 2.33. The molecule has 5 rings (SSSR count). The molecule has 0 unspecified atom stereocenters. The predicted molar refractivity (Wildman–Crippen MR) is 114 cm³/mol. The number of ether oxygens (including phenoxy) is 1. The number of hydrogen-bond donors (Lipinski definition) is 1. The second-order valence-electron chi connectivity index (χ2n) is 7.90. The Morgan fingerprint density at radius 3 is 2.78 bits per heavy atom. The van der Waals surface area contributed by atoms with E-state index in [2.05, 4.69) is 15.3 Å². The third-order valence-electron chi connectivity index (χ3n) is 5.99. The summed E-state index contributed by atoms with van der Waals surface area (Å²) in [5.74, 6) is -0.231. The van der Waals surface area contributed by atoms with Crippen molar-refractivity contribution in [2.75, 3.05) is 7.11 Å². The van der Waals surface area contributed by atoms with E-state index in [4.69, 9.17) is 4.74 Å². The number of imide groups is 1. The number of aryl methyl sites for hydroxylation is 1. The van der Waals surface area contributed by atoms with Crippen LogP contribution >= 0.6 is 0 Å². The zero-order valence-electron chi connectivity index (χ0n) is 17.7. The number of carbonyl (C=O) groups excluding carboxylic acids is 3. The fraction of sp³-hybridized carbons (Fsp3) is 0.261. The van der Waals surface area contributed by atoms with Crippen molar-refractivity contribution in [3.05, 3.63) is 54.1 Å². The van der Waals surface area contributed by atoms with Crippen LogP contribution in [0.3, 0.4) is 0 Å². The number of methoxy groups -OCH3 is 1. The van der Waals surface area contributed by atoms with Gasteiger partial charge < -0.3 is 14.2 Å². The number of rotatable bonds is 4. The molecule has 2 aliphatic heterocycles. The van der Waals surface area contributed by atoms with Crippen LogP contribution < -0.4 is 10.1 Å². The summed E-state index contributed by atoms with van der Waals surface area (Å²) in [6.07, 6.45) is 5.70. The average molecular weight is 431 g/mol. The van der Waals surface area contributed by atoms with E-state index in [9.17, 15) is 14.4 Å². The Hall–Kier alpha value is -4.01. The summed E-state index contributed by atoms with van der Waals surface area (Å²) >= 11 is 0. The second-order valence-corrected chi connectivity index (χ2v) is 7.90. The maximum absolute atomic E-state index is 13.0. The molecular weight excluding hydrogens is 410 g/mol. The lowest BCUT2D eigenvalue weighted by molar-refractivity contribution is -0.136. The zero-order valence-corrected chi connectivity index (χ0v) is 17.7. The topological polar surface area (TPSA) is 106 Å². The van der Waals surface area contributed by atoms with E-state index in [1.165, 1.54) is 0 Å². The minimum atomic E-state index is -0.638. The molecule has 0 aliphatic carbocycles. The molecule has 2 aliphatic rings. The highest BCUT2D eigenvalue weighted by Crippen LogP contribution is 2.37. The van der Waals surface area contributed by atoms with Gasteiger partial charge in [0.1, 0.15) is 11.8 Å². The highest BCUT2D eigenvalue weighted by Gasteiger charge is 2.39. The van der Waals surface area contributed by atoms with Crippen LogP contribution in [-0.2, 0) is 23.2 Å². The molecule has 0 bridgehead atoms. The van der Waals surface area contributed by atoms with Gasteiger partial charge in [-0.05, 0) is 30.2 Å². The van der Waals surface area contributed by atoms with Crippen LogP contribution in [-0.4, -0.2) is 50.3 Å². The molecular formula is C23H21N5O4. The van der Waals surface area contributed by atoms with Gasteiger partial charge in [-0.3, -0.25) is 24.7 Å². The second kappa shape index (κ2) is 7.60. The molecule has 9 heteroatoms. The van der Waals surface area contributed by atoms with Gasteiger partial charge >= 0.3 is 0 Å². The molecule has 1 atom stereocenters. The largest absolute Gasteiger partial charge is 0.496 e. The fourth-order valence-corrected chi connectivity index (χ4v) is 4.42. The summed E-state index contributed by atoms with van der Waals surface area (Å²) in [4.78, 5) is 47.1.